The van der Waals surface area contributed by atoms with Crippen LogP contribution in [0.2, 0.25) is 0 Å². The van der Waals surface area contributed by atoms with E-state index in [2.05, 4.69) is 21.7 Å². The molecule has 1 saturated carbocycles. The van der Waals surface area contributed by atoms with E-state index in [0.29, 0.717) is 30.9 Å². The number of likely N-dealkylation sites (tertiary alicyclic amines) is 1. The molecule has 0 aromatic carbocycles. The summed E-state index contributed by atoms with van der Waals surface area (Å²) in [5, 5.41) is 5.12. The molecular weight excluding hydrogens is 320 g/mol. The fraction of sp³-hybridized carbons (Fsp3) is 0.737. The van der Waals surface area contributed by atoms with Gasteiger partial charge in [-0.3, -0.25) is 9.69 Å². The Labute approximate surface area is 148 Å². The average molecular weight is 349 g/mol. The number of ether oxygens (including phenoxy) is 1. The van der Waals surface area contributed by atoms with Crippen molar-refractivity contribution in [2.45, 2.75) is 57.2 Å². The molecule has 0 radical (unpaired) electrons. The smallest absolute Gasteiger partial charge is 0.220 e. The topological polar surface area (TPSA) is 41.6 Å². The fourth-order valence-corrected chi connectivity index (χ4v) is 5.34. The van der Waals surface area contributed by atoms with Crippen molar-refractivity contribution >= 4 is 17.2 Å². The van der Waals surface area contributed by atoms with Crippen molar-refractivity contribution in [3.05, 3.63) is 22.4 Å². The molecule has 24 heavy (non-hydrogen) atoms. The monoisotopic (exact) mass is 348 g/mol. The van der Waals surface area contributed by atoms with Gasteiger partial charge in [0.1, 0.15) is 0 Å². The molecule has 2 aliphatic heterocycles. The van der Waals surface area contributed by atoms with Gasteiger partial charge in [-0.1, -0.05) is 25.3 Å². The SMILES string of the molecule is O=C(C[C@@H]1CO[C@@H]2CN(C3CCCCC3)C[C@H]12)NCc1cccs1. The molecule has 0 bridgehead atoms. The van der Waals surface area contributed by atoms with Crippen LogP contribution in [0.25, 0.3) is 0 Å². The van der Waals surface area contributed by atoms with E-state index in [-0.39, 0.29) is 5.91 Å². The summed E-state index contributed by atoms with van der Waals surface area (Å²) in [6.07, 6.45) is 7.85. The highest BCUT2D eigenvalue weighted by atomic mass is 32.1. The first-order valence-electron chi connectivity index (χ1n) is 9.44. The van der Waals surface area contributed by atoms with Crippen molar-refractivity contribution in [2.24, 2.45) is 11.8 Å². The van der Waals surface area contributed by atoms with E-state index in [1.54, 1.807) is 11.3 Å². The largest absolute Gasteiger partial charge is 0.376 e. The van der Waals surface area contributed by atoms with Crippen LogP contribution < -0.4 is 5.32 Å². The lowest BCUT2D eigenvalue weighted by Crippen LogP contribution is -2.37. The van der Waals surface area contributed by atoms with Crippen LogP contribution in [0.4, 0.5) is 0 Å². The Balaban J connectivity index is 1.27. The van der Waals surface area contributed by atoms with E-state index < -0.39 is 0 Å². The van der Waals surface area contributed by atoms with Gasteiger partial charge >= 0.3 is 0 Å². The second-order valence-corrected chi connectivity index (χ2v) is 8.63. The average Bonchev–Trinajstić information content (AvgIpc) is 3.32. The van der Waals surface area contributed by atoms with E-state index in [9.17, 15) is 4.79 Å². The van der Waals surface area contributed by atoms with Crippen LogP contribution >= 0.6 is 11.3 Å². The van der Waals surface area contributed by atoms with Crippen LogP contribution in [0.3, 0.4) is 0 Å². The Morgan fingerprint density at radius 2 is 2.17 bits per heavy atom. The molecule has 5 heteroatoms. The van der Waals surface area contributed by atoms with Crippen LogP contribution in [0.5, 0.6) is 0 Å². The van der Waals surface area contributed by atoms with Gasteiger partial charge in [-0.05, 0) is 30.2 Å². The number of amides is 1. The van der Waals surface area contributed by atoms with E-state index in [0.717, 1.165) is 25.7 Å². The zero-order valence-corrected chi connectivity index (χ0v) is 15.1. The van der Waals surface area contributed by atoms with E-state index in [1.165, 1.54) is 37.0 Å². The third-order valence-corrected chi connectivity index (χ3v) is 6.92. The third-order valence-electron chi connectivity index (χ3n) is 6.05. The van der Waals surface area contributed by atoms with Gasteiger partial charge in [0.05, 0.1) is 19.3 Å². The summed E-state index contributed by atoms with van der Waals surface area (Å²) in [7, 11) is 0. The van der Waals surface area contributed by atoms with Crippen molar-refractivity contribution in [2.75, 3.05) is 19.7 Å². The highest BCUT2D eigenvalue weighted by Crippen LogP contribution is 2.38. The second kappa shape index (κ2) is 7.54. The first kappa shape index (κ1) is 16.6. The zero-order valence-electron chi connectivity index (χ0n) is 14.3. The molecule has 4 rings (SSSR count). The standard InChI is InChI=1S/C19H28N2O2S/c22-19(20-10-16-7-4-8-24-16)9-14-13-23-18-12-21(11-17(14)18)15-5-2-1-3-6-15/h4,7-8,14-15,17-18H,1-3,5-6,9-13H2,(H,20,22)/t14-,17-,18-/m1/s1. The van der Waals surface area contributed by atoms with Crippen molar-refractivity contribution < 1.29 is 9.53 Å². The zero-order chi connectivity index (χ0) is 16.4. The Kier molecular flexibility index (Phi) is 5.20. The number of hydrogen-bond acceptors (Lipinski definition) is 4. The number of rotatable bonds is 5. The molecule has 4 nitrogen and oxygen atoms in total. The lowest BCUT2D eigenvalue weighted by atomic mass is 9.90. The van der Waals surface area contributed by atoms with Gasteiger partial charge in [-0.15, -0.1) is 11.3 Å². The molecular formula is C19H28N2O2S. The fourth-order valence-electron chi connectivity index (χ4n) is 4.69. The first-order valence-corrected chi connectivity index (χ1v) is 10.3. The summed E-state index contributed by atoms with van der Waals surface area (Å²) in [5.74, 6) is 1.13. The van der Waals surface area contributed by atoms with E-state index >= 15 is 0 Å². The second-order valence-electron chi connectivity index (χ2n) is 7.60. The van der Waals surface area contributed by atoms with Crippen LogP contribution in [-0.4, -0.2) is 42.6 Å². The summed E-state index contributed by atoms with van der Waals surface area (Å²) in [6, 6.07) is 4.86. The minimum Gasteiger partial charge on any atom is -0.376 e. The lowest BCUT2D eigenvalue weighted by molar-refractivity contribution is -0.122. The van der Waals surface area contributed by atoms with Crippen LogP contribution in [-0.2, 0) is 16.1 Å². The van der Waals surface area contributed by atoms with Crippen LogP contribution in [0.1, 0.15) is 43.4 Å². The van der Waals surface area contributed by atoms with E-state index in [4.69, 9.17) is 4.74 Å². The van der Waals surface area contributed by atoms with Gasteiger partial charge in [0, 0.05) is 36.3 Å². The van der Waals surface area contributed by atoms with Crippen molar-refractivity contribution in [1.82, 2.24) is 10.2 Å². The number of thiophene rings is 1. The van der Waals surface area contributed by atoms with Crippen LogP contribution in [0.15, 0.2) is 17.5 Å². The van der Waals surface area contributed by atoms with Gasteiger partial charge in [-0.2, -0.15) is 0 Å². The molecule has 3 heterocycles. The summed E-state index contributed by atoms with van der Waals surface area (Å²) < 4.78 is 6.04. The van der Waals surface area contributed by atoms with Gasteiger partial charge in [0.2, 0.25) is 5.91 Å². The van der Waals surface area contributed by atoms with Gasteiger partial charge < -0.3 is 10.1 Å². The Bertz CT molecular complexity index is 542. The van der Waals surface area contributed by atoms with Crippen molar-refractivity contribution in [3.8, 4) is 0 Å². The summed E-state index contributed by atoms with van der Waals surface area (Å²) in [4.78, 5) is 16.2. The normalized spacial score (nSPS) is 31.2. The van der Waals surface area contributed by atoms with Crippen LogP contribution in [0, 0.1) is 11.8 Å². The molecule has 132 valence electrons. The Morgan fingerprint density at radius 1 is 1.29 bits per heavy atom. The maximum atomic E-state index is 12.3. The predicted octanol–water partition coefficient (Wildman–Crippen LogP) is 3.03. The van der Waals surface area contributed by atoms with E-state index in [1.807, 2.05) is 6.07 Å². The van der Waals surface area contributed by atoms with Gasteiger partial charge in [0.25, 0.3) is 0 Å². The number of carbonyl (C=O) groups excluding carboxylic acids is 1. The first-order chi connectivity index (χ1) is 11.8. The molecule has 1 aromatic heterocycles. The molecule has 0 spiro atoms. The molecule has 1 amide bonds. The molecule has 0 unspecified atom stereocenters. The summed E-state index contributed by atoms with van der Waals surface area (Å²) in [6.45, 7) is 3.65. The number of carbonyl (C=O) groups is 1. The predicted molar refractivity (Wildman–Crippen MR) is 95.9 cm³/mol. The minimum absolute atomic E-state index is 0.175. The van der Waals surface area contributed by atoms with Crippen molar-refractivity contribution in [1.29, 1.82) is 0 Å². The molecule has 2 saturated heterocycles. The molecule has 1 aromatic rings. The Morgan fingerprint density at radius 3 is 2.96 bits per heavy atom. The number of nitrogens with one attached hydrogen (secondary N) is 1. The molecule has 3 aliphatic rings. The molecule has 1 N–H and O–H groups in total. The lowest BCUT2D eigenvalue weighted by Gasteiger charge is -2.31. The highest BCUT2D eigenvalue weighted by molar-refractivity contribution is 7.09. The quantitative estimate of drug-likeness (QED) is 0.889. The number of nitrogens with zero attached hydrogens (tertiary/aromatic N) is 1. The number of fused-ring (bicyclic) bond motifs is 1. The van der Waals surface area contributed by atoms with Gasteiger partial charge in [-0.25, -0.2) is 0 Å². The maximum absolute atomic E-state index is 12.3. The molecule has 1 aliphatic carbocycles. The molecule has 3 atom stereocenters. The number of hydrogen-bond donors (Lipinski definition) is 1. The maximum Gasteiger partial charge on any atom is 0.220 e. The third kappa shape index (κ3) is 3.68. The summed E-state index contributed by atoms with van der Waals surface area (Å²) >= 11 is 1.69. The summed E-state index contributed by atoms with van der Waals surface area (Å²) in [5.41, 5.74) is 0. The van der Waals surface area contributed by atoms with Crippen molar-refractivity contribution in [3.63, 3.8) is 0 Å². The minimum atomic E-state index is 0.175. The highest BCUT2D eigenvalue weighted by Gasteiger charge is 2.45. The van der Waals surface area contributed by atoms with Gasteiger partial charge in [0.15, 0.2) is 0 Å². The molecule has 3 fully saturated rings. The Hall–Kier alpha value is -0.910.